The predicted molar refractivity (Wildman–Crippen MR) is 47.2 cm³/mol. The molecule has 13 heavy (non-hydrogen) atoms. The van der Waals surface area contributed by atoms with Crippen LogP contribution in [0.5, 0.6) is 0 Å². The second kappa shape index (κ2) is 3.23. The van der Waals surface area contributed by atoms with Crippen LogP contribution in [0.4, 0.5) is 0 Å². The average molecular weight is 171 g/mol. The number of hydrogen-bond acceptors (Lipinski definition) is 3. The van der Waals surface area contributed by atoms with E-state index >= 15 is 0 Å². The lowest BCUT2D eigenvalue weighted by molar-refractivity contribution is -0.275. The van der Waals surface area contributed by atoms with Crippen molar-refractivity contribution in [2.45, 2.75) is 0 Å². The van der Waals surface area contributed by atoms with Gasteiger partial charge in [0.1, 0.15) is 0 Å². The molecule has 0 radical (unpaired) electrons. The highest BCUT2D eigenvalue weighted by molar-refractivity contribution is 5.82. The first kappa shape index (κ1) is 7.73. The van der Waals surface area contributed by atoms with Gasteiger partial charge in [-0.25, -0.2) is 9.97 Å². The van der Waals surface area contributed by atoms with Crippen LogP contribution in [0.3, 0.4) is 0 Å². The minimum atomic E-state index is 0.592. The second-order valence-corrected chi connectivity index (χ2v) is 2.59. The van der Waals surface area contributed by atoms with E-state index in [1.807, 2.05) is 12.2 Å². The Balaban J connectivity index is 2.40. The van der Waals surface area contributed by atoms with Crippen molar-refractivity contribution < 1.29 is 5.11 Å². The van der Waals surface area contributed by atoms with Gasteiger partial charge in [0.2, 0.25) is 0 Å². The first-order chi connectivity index (χ1) is 6.42. The Hall–Kier alpha value is -1.90. The number of hydrogen-bond donors (Lipinski definition) is 0. The molecule has 1 aliphatic rings. The maximum absolute atomic E-state index is 10.6. The van der Waals surface area contributed by atoms with Gasteiger partial charge in [-0.1, -0.05) is 18.2 Å². The van der Waals surface area contributed by atoms with E-state index in [-0.39, 0.29) is 0 Å². The third-order valence-electron chi connectivity index (χ3n) is 1.78. The van der Waals surface area contributed by atoms with Crippen LogP contribution in [0.1, 0.15) is 5.82 Å². The van der Waals surface area contributed by atoms with E-state index in [0.29, 0.717) is 11.4 Å². The largest absolute Gasteiger partial charge is 0.877 e. The molecule has 1 aromatic heterocycles. The molecule has 0 saturated carbocycles. The summed E-state index contributed by atoms with van der Waals surface area (Å²) in [6.45, 7) is 0. The molecular formula is C10H7N2O-. The molecule has 64 valence electrons. The van der Waals surface area contributed by atoms with Gasteiger partial charge in [-0.3, -0.25) is 0 Å². The summed E-state index contributed by atoms with van der Waals surface area (Å²) in [5, 5.41) is 10.6. The first-order valence-corrected chi connectivity index (χ1v) is 3.90. The molecule has 0 amide bonds. The zero-order valence-electron chi connectivity index (χ0n) is 6.84. The van der Waals surface area contributed by atoms with Crippen molar-refractivity contribution in [2.75, 3.05) is 0 Å². The molecule has 2 rings (SSSR count). The Morgan fingerprint density at radius 1 is 1.23 bits per heavy atom. The van der Waals surface area contributed by atoms with Crippen LogP contribution in [0, 0.1) is 0 Å². The highest BCUT2D eigenvalue weighted by Gasteiger charge is 2.08. The van der Waals surface area contributed by atoms with Gasteiger partial charge in [-0.2, -0.15) is 0 Å². The van der Waals surface area contributed by atoms with Crippen LogP contribution in [-0.2, 0) is 0 Å². The molecule has 1 heterocycles. The smallest absolute Gasteiger partial charge is 0.159 e. The molecule has 3 heteroatoms. The summed E-state index contributed by atoms with van der Waals surface area (Å²) in [6.07, 6.45) is 9.52. The fourth-order valence-corrected chi connectivity index (χ4v) is 1.18. The Bertz CT molecular complexity index is 391. The maximum atomic E-state index is 10.6. The molecule has 0 N–H and O–H groups in total. The number of rotatable bonds is 1. The molecule has 0 bridgehead atoms. The SMILES string of the molecule is [O-]/C=C1\C=CC=C1c1ncccn1. The third-order valence-corrected chi connectivity index (χ3v) is 1.78. The van der Waals surface area contributed by atoms with Crippen LogP contribution >= 0.6 is 0 Å². The summed E-state index contributed by atoms with van der Waals surface area (Å²) in [7, 11) is 0. The highest BCUT2D eigenvalue weighted by Crippen LogP contribution is 2.24. The van der Waals surface area contributed by atoms with Gasteiger partial charge >= 0.3 is 0 Å². The molecule has 3 nitrogen and oxygen atoms in total. The molecule has 0 atom stereocenters. The lowest BCUT2D eigenvalue weighted by Crippen LogP contribution is -1.96. The summed E-state index contributed by atoms with van der Waals surface area (Å²) in [4.78, 5) is 8.12. The van der Waals surface area contributed by atoms with E-state index in [1.165, 1.54) is 0 Å². The van der Waals surface area contributed by atoms with Gasteiger partial charge in [-0.15, -0.1) is 6.26 Å². The lowest BCUT2D eigenvalue weighted by Gasteiger charge is -2.04. The van der Waals surface area contributed by atoms with Crippen LogP contribution < -0.4 is 5.11 Å². The minimum Gasteiger partial charge on any atom is -0.877 e. The van der Waals surface area contributed by atoms with Crippen LogP contribution in [0.15, 0.2) is 48.5 Å². The Morgan fingerprint density at radius 2 is 2.00 bits per heavy atom. The molecule has 0 aromatic carbocycles. The summed E-state index contributed by atoms with van der Waals surface area (Å²) in [6, 6.07) is 1.74. The Morgan fingerprint density at radius 3 is 2.69 bits per heavy atom. The summed E-state index contributed by atoms with van der Waals surface area (Å²) >= 11 is 0. The summed E-state index contributed by atoms with van der Waals surface area (Å²) in [5.74, 6) is 0.592. The van der Waals surface area contributed by atoms with Gasteiger partial charge in [-0.05, 0) is 11.6 Å². The maximum Gasteiger partial charge on any atom is 0.159 e. The number of nitrogens with zero attached hydrogens (tertiary/aromatic N) is 2. The van der Waals surface area contributed by atoms with Crippen molar-refractivity contribution in [3.8, 4) is 0 Å². The van der Waals surface area contributed by atoms with Gasteiger partial charge in [0.05, 0.1) is 0 Å². The van der Waals surface area contributed by atoms with Gasteiger partial charge in [0.15, 0.2) is 5.82 Å². The quantitative estimate of drug-likeness (QED) is 0.583. The van der Waals surface area contributed by atoms with Crippen LogP contribution in [0.25, 0.3) is 5.57 Å². The topological polar surface area (TPSA) is 48.8 Å². The van der Waals surface area contributed by atoms with Crippen molar-refractivity contribution >= 4 is 5.57 Å². The minimum absolute atomic E-state index is 0.592. The number of aromatic nitrogens is 2. The van der Waals surface area contributed by atoms with E-state index in [1.54, 1.807) is 24.5 Å². The Labute approximate surface area is 75.8 Å². The van der Waals surface area contributed by atoms with E-state index in [2.05, 4.69) is 9.97 Å². The van der Waals surface area contributed by atoms with Crippen molar-refractivity contribution in [1.29, 1.82) is 0 Å². The van der Waals surface area contributed by atoms with Crippen LogP contribution in [-0.4, -0.2) is 9.97 Å². The van der Waals surface area contributed by atoms with E-state index in [0.717, 1.165) is 11.8 Å². The number of allylic oxidation sites excluding steroid dienone is 5. The molecule has 1 aliphatic carbocycles. The first-order valence-electron chi connectivity index (χ1n) is 3.90. The molecule has 0 unspecified atom stereocenters. The molecule has 0 saturated heterocycles. The van der Waals surface area contributed by atoms with Crippen molar-refractivity contribution in [2.24, 2.45) is 0 Å². The van der Waals surface area contributed by atoms with E-state index in [9.17, 15) is 5.11 Å². The highest BCUT2D eigenvalue weighted by atomic mass is 16.2. The molecule has 1 aromatic rings. The Kier molecular flexibility index (Phi) is 1.92. The molecule has 0 spiro atoms. The zero-order chi connectivity index (χ0) is 9.10. The van der Waals surface area contributed by atoms with E-state index < -0.39 is 0 Å². The third kappa shape index (κ3) is 1.36. The van der Waals surface area contributed by atoms with Crippen molar-refractivity contribution in [1.82, 2.24) is 9.97 Å². The lowest BCUT2D eigenvalue weighted by atomic mass is 10.1. The second-order valence-electron chi connectivity index (χ2n) is 2.59. The van der Waals surface area contributed by atoms with Gasteiger partial charge in [0.25, 0.3) is 0 Å². The fraction of sp³-hybridized carbons (Fsp3) is 0. The predicted octanol–water partition coefficient (Wildman–Crippen LogP) is 0.674. The fourth-order valence-electron chi connectivity index (χ4n) is 1.18. The summed E-state index contributed by atoms with van der Waals surface area (Å²) < 4.78 is 0. The van der Waals surface area contributed by atoms with Gasteiger partial charge < -0.3 is 5.11 Å². The molecule has 0 fully saturated rings. The summed E-state index contributed by atoms with van der Waals surface area (Å²) in [5.41, 5.74) is 1.42. The molecular weight excluding hydrogens is 164 g/mol. The van der Waals surface area contributed by atoms with Crippen LogP contribution in [0.2, 0.25) is 0 Å². The normalized spacial score (nSPS) is 17.8. The van der Waals surface area contributed by atoms with Crippen molar-refractivity contribution in [3.05, 3.63) is 54.3 Å². The zero-order valence-corrected chi connectivity index (χ0v) is 6.84. The molecule has 0 aliphatic heterocycles. The monoisotopic (exact) mass is 171 g/mol. The average Bonchev–Trinajstić information content (AvgIpc) is 2.67. The van der Waals surface area contributed by atoms with Gasteiger partial charge in [0, 0.05) is 18.0 Å². The standard InChI is InChI=1S/C10H8N2O/c13-7-8-3-1-4-9(8)10-11-5-2-6-12-10/h1-7,13H/p-1/b8-7+. The van der Waals surface area contributed by atoms with Crippen molar-refractivity contribution in [3.63, 3.8) is 0 Å². The van der Waals surface area contributed by atoms with E-state index in [4.69, 9.17) is 0 Å².